The van der Waals surface area contributed by atoms with E-state index in [1.807, 2.05) is 67.6 Å². The van der Waals surface area contributed by atoms with Gasteiger partial charge in [-0.25, -0.2) is 0 Å². The highest BCUT2D eigenvalue weighted by atomic mass is 16.5. The first-order valence-electron chi connectivity index (χ1n) is 9.40. The summed E-state index contributed by atoms with van der Waals surface area (Å²) >= 11 is 0. The summed E-state index contributed by atoms with van der Waals surface area (Å²) in [6, 6.07) is 20.0. The van der Waals surface area contributed by atoms with Gasteiger partial charge in [0.05, 0.1) is 6.54 Å². The molecule has 4 heteroatoms. The summed E-state index contributed by atoms with van der Waals surface area (Å²) < 4.78 is 8.10. The number of carbonyl (C=O) groups excluding carboxylic acids is 1. The zero-order valence-corrected chi connectivity index (χ0v) is 15.7. The van der Waals surface area contributed by atoms with Crippen LogP contribution in [-0.4, -0.2) is 16.9 Å². The molecule has 1 aromatic heterocycles. The molecule has 1 heterocycles. The molecular formula is C23H24N2O2. The second kappa shape index (κ2) is 7.31. The van der Waals surface area contributed by atoms with E-state index in [2.05, 4.69) is 16.8 Å². The number of para-hydroxylation sites is 1. The molecule has 27 heavy (non-hydrogen) atoms. The highest BCUT2D eigenvalue weighted by Crippen LogP contribution is 2.38. The molecule has 0 atom stereocenters. The maximum absolute atomic E-state index is 12.7. The van der Waals surface area contributed by atoms with Crippen LogP contribution in [0.3, 0.4) is 0 Å². The molecule has 3 aromatic rings. The third-order valence-electron chi connectivity index (χ3n) is 4.98. The first kappa shape index (κ1) is 17.4. The van der Waals surface area contributed by atoms with Crippen LogP contribution in [0.5, 0.6) is 11.5 Å². The van der Waals surface area contributed by atoms with Crippen LogP contribution in [0.4, 0.5) is 5.69 Å². The van der Waals surface area contributed by atoms with E-state index < -0.39 is 0 Å². The number of ketones is 1. The second-order valence-corrected chi connectivity index (χ2v) is 7.10. The van der Waals surface area contributed by atoms with Crippen molar-refractivity contribution in [2.24, 2.45) is 0 Å². The largest absolute Gasteiger partial charge is 0.457 e. The van der Waals surface area contributed by atoms with Crippen molar-refractivity contribution in [2.75, 3.05) is 11.9 Å². The Balaban J connectivity index is 1.37. The Labute approximate surface area is 159 Å². The summed E-state index contributed by atoms with van der Waals surface area (Å²) in [7, 11) is 0. The van der Waals surface area contributed by atoms with Crippen molar-refractivity contribution in [3.8, 4) is 11.5 Å². The molecule has 1 fully saturated rings. The highest BCUT2D eigenvalue weighted by molar-refractivity contribution is 6.00. The lowest BCUT2D eigenvalue weighted by atomic mass is 10.1. The average Bonchev–Trinajstić information content (AvgIpc) is 3.46. The lowest BCUT2D eigenvalue weighted by Crippen LogP contribution is -2.15. The van der Waals surface area contributed by atoms with Crippen LogP contribution in [-0.2, 0) is 0 Å². The molecule has 2 aromatic carbocycles. The molecule has 0 saturated heterocycles. The number of benzene rings is 2. The summed E-state index contributed by atoms with van der Waals surface area (Å²) in [6.45, 7) is 4.42. The fourth-order valence-electron chi connectivity index (χ4n) is 3.50. The van der Waals surface area contributed by atoms with Gasteiger partial charge in [0.1, 0.15) is 11.5 Å². The van der Waals surface area contributed by atoms with Crippen molar-refractivity contribution in [1.29, 1.82) is 0 Å². The zero-order chi connectivity index (χ0) is 18.8. The van der Waals surface area contributed by atoms with Crippen LogP contribution < -0.4 is 10.1 Å². The van der Waals surface area contributed by atoms with Gasteiger partial charge >= 0.3 is 0 Å². The molecule has 1 saturated carbocycles. The van der Waals surface area contributed by atoms with Gasteiger partial charge in [0.2, 0.25) is 0 Å². The first-order valence-corrected chi connectivity index (χ1v) is 9.40. The van der Waals surface area contributed by atoms with E-state index in [9.17, 15) is 4.79 Å². The third kappa shape index (κ3) is 3.90. The number of aryl methyl sites for hydroxylation is 1. The van der Waals surface area contributed by atoms with Gasteiger partial charge in [0.15, 0.2) is 5.78 Å². The highest BCUT2D eigenvalue weighted by Gasteiger charge is 2.28. The number of anilines is 1. The fraction of sp³-hybridized carbons (Fsp3) is 0.261. The smallest absolute Gasteiger partial charge is 0.183 e. The van der Waals surface area contributed by atoms with Gasteiger partial charge in [-0.2, -0.15) is 0 Å². The van der Waals surface area contributed by atoms with Crippen LogP contribution in [0.25, 0.3) is 0 Å². The lowest BCUT2D eigenvalue weighted by molar-refractivity contribution is 0.101. The Bertz CT molecular complexity index is 939. The first-order chi connectivity index (χ1) is 13.1. The van der Waals surface area contributed by atoms with Crippen molar-refractivity contribution in [1.82, 2.24) is 4.57 Å². The minimum absolute atomic E-state index is 0.125. The normalized spacial score (nSPS) is 13.4. The van der Waals surface area contributed by atoms with Gasteiger partial charge in [-0.15, -0.1) is 0 Å². The van der Waals surface area contributed by atoms with Gasteiger partial charge in [0.25, 0.3) is 0 Å². The molecule has 0 radical (unpaired) electrons. The summed E-state index contributed by atoms with van der Waals surface area (Å²) in [5.74, 6) is 1.70. The second-order valence-electron chi connectivity index (χ2n) is 7.10. The predicted octanol–water partition coefficient (Wildman–Crippen LogP) is 5.53. The van der Waals surface area contributed by atoms with E-state index >= 15 is 0 Å². The number of Topliss-reactive ketones (excluding diaryl/α,β-unsaturated/α-hetero) is 1. The Hall–Kier alpha value is -3.01. The van der Waals surface area contributed by atoms with Crippen LogP contribution in [0.2, 0.25) is 0 Å². The summed E-state index contributed by atoms with van der Waals surface area (Å²) in [6.07, 6.45) is 2.44. The van der Waals surface area contributed by atoms with E-state index in [1.54, 1.807) is 0 Å². The Morgan fingerprint density at radius 2 is 1.70 bits per heavy atom. The SMILES string of the molecule is Cc1cc(C(=O)CNc2ccc(Oc3ccccc3)cc2)c(C)n1C1CC1. The van der Waals surface area contributed by atoms with Gasteiger partial charge in [-0.3, -0.25) is 4.79 Å². The molecule has 0 aliphatic heterocycles. The maximum atomic E-state index is 12.7. The van der Waals surface area contributed by atoms with E-state index in [4.69, 9.17) is 4.74 Å². The minimum Gasteiger partial charge on any atom is -0.457 e. The minimum atomic E-state index is 0.125. The number of nitrogens with zero attached hydrogens (tertiary/aromatic N) is 1. The van der Waals surface area contributed by atoms with Crippen molar-refractivity contribution in [2.45, 2.75) is 32.7 Å². The third-order valence-corrected chi connectivity index (χ3v) is 4.98. The number of ether oxygens (including phenoxy) is 1. The molecule has 0 amide bonds. The van der Waals surface area contributed by atoms with Crippen molar-refractivity contribution < 1.29 is 9.53 Å². The molecule has 138 valence electrons. The number of hydrogen-bond acceptors (Lipinski definition) is 3. The van der Waals surface area contributed by atoms with Gasteiger partial charge in [-0.1, -0.05) is 18.2 Å². The summed E-state index contributed by atoms with van der Waals surface area (Å²) in [5.41, 5.74) is 4.00. The number of hydrogen-bond donors (Lipinski definition) is 1. The molecular weight excluding hydrogens is 336 g/mol. The Kier molecular flexibility index (Phi) is 4.71. The number of carbonyl (C=O) groups is 1. The summed E-state index contributed by atoms with van der Waals surface area (Å²) in [5, 5.41) is 3.22. The molecule has 0 spiro atoms. The van der Waals surface area contributed by atoms with E-state index in [0.29, 0.717) is 6.04 Å². The van der Waals surface area contributed by atoms with Crippen LogP contribution in [0.15, 0.2) is 60.7 Å². The molecule has 4 rings (SSSR count). The van der Waals surface area contributed by atoms with Gasteiger partial charge in [0, 0.05) is 28.7 Å². The Morgan fingerprint density at radius 3 is 2.37 bits per heavy atom. The quantitative estimate of drug-likeness (QED) is 0.564. The van der Waals surface area contributed by atoms with Crippen LogP contribution >= 0.6 is 0 Å². The topological polar surface area (TPSA) is 43.3 Å². The van der Waals surface area contributed by atoms with Crippen molar-refractivity contribution >= 4 is 11.5 Å². The van der Waals surface area contributed by atoms with Gasteiger partial charge in [-0.05, 0) is 69.2 Å². The van der Waals surface area contributed by atoms with E-state index in [-0.39, 0.29) is 12.3 Å². The fourth-order valence-corrected chi connectivity index (χ4v) is 3.50. The molecule has 0 bridgehead atoms. The average molecular weight is 360 g/mol. The number of nitrogens with one attached hydrogen (secondary N) is 1. The van der Waals surface area contributed by atoms with Crippen LogP contribution in [0.1, 0.15) is 40.6 Å². The van der Waals surface area contributed by atoms with Gasteiger partial charge < -0.3 is 14.6 Å². The monoisotopic (exact) mass is 360 g/mol. The van der Waals surface area contributed by atoms with Crippen molar-refractivity contribution in [3.05, 3.63) is 77.6 Å². The predicted molar refractivity (Wildman–Crippen MR) is 108 cm³/mol. The molecule has 1 aliphatic carbocycles. The zero-order valence-electron chi connectivity index (χ0n) is 15.7. The van der Waals surface area contributed by atoms with Crippen molar-refractivity contribution in [3.63, 3.8) is 0 Å². The van der Waals surface area contributed by atoms with Crippen LogP contribution in [0, 0.1) is 13.8 Å². The molecule has 4 nitrogen and oxygen atoms in total. The molecule has 1 aliphatic rings. The lowest BCUT2D eigenvalue weighted by Gasteiger charge is -2.09. The molecule has 0 unspecified atom stereocenters. The Morgan fingerprint density at radius 1 is 1.04 bits per heavy atom. The maximum Gasteiger partial charge on any atom is 0.183 e. The number of aromatic nitrogens is 1. The summed E-state index contributed by atoms with van der Waals surface area (Å²) in [4.78, 5) is 12.7. The number of rotatable bonds is 7. The molecule has 1 N–H and O–H groups in total. The standard InChI is InChI=1S/C23H24N2O2/c1-16-14-22(17(2)25(16)19-10-11-19)23(26)15-24-18-8-12-21(13-9-18)27-20-6-4-3-5-7-20/h3-9,12-14,19,24H,10-11,15H2,1-2H3. The van der Waals surface area contributed by atoms with E-state index in [0.717, 1.165) is 28.4 Å². The van der Waals surface area contributed by atoms with E-state index in [1.165, 1.54) is 18.5 Å².